The van der Waals surface area contributed by atoms with Crippen molar-refractivity contribution >= 4 is 50.7 Å². The number of ether oxygens (including phenoxy) is 2. The molecule has 0 fully saturated rings. The molecule has 0 aliphatic carbocycles. The van der Waals surface area contributed by atoms with Gasteiger partial charge in [-0.15, -0.1) is 0 Å². The van der Waals surface area contributed by atoms with E-state index in [2.05, 4.69) is 5.32 Å². The molecule has 0 spiro atoms. The summed E-state index contributed by atoms with van der Waals surface area (Å²) < 4.78 is 37.7. The average Bonchev–Trinajstić information content (AvgIpc) is 3.42. The van der Waals surface area contributed by atoms with Gasteiger partial charge in [-0.3, -0.25) is 13.9 Å². The summed E-state index contributed by atoms with van der Waals surface area (Å²) in [5, 5.41) is 3.69. The molecule has 1 heterocycles. The first-order valence-corrected chi connectivity index (χ1v) is 16.1. The summed E-state index contributed by atoms with van der Waals surface area (Å²) >= 11 is 12.6. The second kappa shape index (κ2) is 14.1. The Morgan fingerprint density at radius 2 is 1.74 bits per heavy atom. The van der Waals surface area contributed by atoms with Gasteiger partial charge in [-0.2, -0.15) is 0 Å². The molecule has 1 unspecified atom stereocenters. The fourth-order valence-electron chi connectivity index (χ4n) is 4.55. The Kier molecular flexibility index (Phi) is 10.6. The van der Waals surface area contributed by atoms with E-state index in [0.717, 1.165) is 29.0 Å². The molecule has 3 aromatic carbocycles. The Morgan fingerprint density at radius 1 is 1.00 bits per heavy atom. The maximum absolute atomic E-state index is 14.2. The molecule has 12 heteroatoms. The number of carbonyl (C=O) groups excluding carboxylic acids is 2. The number of sulfonamides is 1. The van der Waals surface area contributed by atoms with Crippen LogP contribution in [0.4, 0.5) is 5.69 Å². The van der Waals surface area contributed by atoms with Crippen LogP contribution in [0.25, 0.3) is 0 Å². The smallest absolute Gasteiger partial charge is 0.244 e. The molecule has 0 bridgehead atoms. The summed E-state index contributed by atoms with van der Waals surface area (Å²) in [5.74, 6) is -0.0877. The highest BCUT2D eigenvalue weighted by molar-refractivity contribution is 7.92. The molecule has 0 saturated heterocycles. The lowest BCUT2D eigenvalue weighted by Gasteiger charge is -2.33. The lowest BCUT2D eigenvalue weighted by molar-refractivity contribution is -0.140. The van der Waals surface area contributed by atoms with Gasteiger partial charge in [0.05, 0.1) is 11.9 Å². The van der Waals surface area contributed by atoms with Gasteiger partial charge in [-0.25, -0.2) is 8.42 Å². The minimum absolute atomic E-state index is 0.0144. The monoisotopic (exact) mass is 633 g/mol. The molecule has 9 nitrogen and oxygen atoms in total. The van der Waals surface area contributed by atoms with E-state index in [1.165, 1.54) is 11.0 Å². The van der Waals surface area contributed by atoms with Gasteiger partial charge in [-0.1, -0.05) is 72.9 Å². The van der Waals surface area contributed by atoms with E-state index in [1.807, 2.05) is 37.3 Å². The average molecular weight is 635 g/mol. The summed E-state index contributed by atoms with van der Waals surface area (Å²) in [4.78, 5) is 29.2. The summed E-state index contributed by atoms with van der Waals surface area (Å²) in [6.07, 6.45) is 2.88. The molecule has 0 saturated carbocycles. The SMILES string of the molecule is CCCCNC(=O)C(Cc1ccccc1)N(Cc1ccc(Cl)cc1Cl)C(=O)CN(c1ccc2c(c1)OCO2)S(C)(=O)=O. The van der Waals surface area contributed by atoms with Crippen LogP contribution < -0.4 is 19.1 Å². The highest BCUT2D eigenvalue weighted by atomic mass is 35.5. The molecule has 2 amide bonds. The molecule has 42 heavy (non-hydrogen) atoms. The van der Waals surface area contributed by atoms with E-state index in [4.69, 9.17) is 32.7 Å². The predicted octanol–water partition coefficient (Wildman–Crippen LogP) is 5.04. The molecule has 1 atom stereocenters. The van der Waals surface area contributed by atoms with Crippen LogP contribution in [0.2, 0.25) is 10.0 Å². The number of unbranched alkanes of at least 4 members (excludes halogenated alkanes) is 1. The van der Waals surface area contributed by atoms with E-state index in [-0.39, 0.29) is 31.4 Å². The summed E-state index contributed by atoms with van der Waals surface area (Å²) in [5.41, 5.74) is 1.62. The Bertz CT molecular complexity index is 1520. The van der Waals surface area contributed by atoms with Crippen molar-refractivity contribution in [2.45, 2.75) is 38.8 Å². The molecule has 3 aromatic rings. The van der Waals surface area contributed by atoms with E-state index in [9.17, 15) is 18.0 Å². The van der Waals surface area contributed by atoms with Crippen LogP contribution in [0.5, 0.6) is 11.5 Å². The van der Waals surface area contributed by atoms with Gasteiger partial charge in [-0.05, 0) is 41.8 Å². The summed E-state index contributed by atoms with van der Waals surface area (Å²) in [6.45, 7) is 1.86. The highest BCUT2D eigenvalue weighted by Gasteiger charge is 2.33. The normalized spacial score (nSPS) is 13.0. The van der Waals surface area contributed by atoms with E-state index in [0.29, 0.717) is 33.7 Å². The number of nitrogens with zero attached hydrogens (tertiary/aromatic N) is 2. The van der Waals surface area contributed by atoms with Gasteiger partial charge in [0.2, 0.25) is 28.6 Å². The number of nitrogens with one attached hydrogen (secondary N) is 1. The van der Waals surface area contributed by atoms with Crippen LogP contribution >= 0.6 is 23.2 Å². The van der Waals surface area contributed by atoms with Gasteiger partial charge in [0.25, 0.3) is 0 Å². The van der Waals surface area contributed by atoms with Crippen LogP contribution in [0.1, 0.15) is 30.9 Å². The van der Waals surface area contributed by atoms with E-state index < -0.39 is 28.5 Å². The predicted molar refractivity (Wildman–Crippen MR) is 164 cm³/mol. The first kappa shape index (κ1) is 31.5. The maximum Gasteiger partial charge on any atom is 0.244 e. The van der Waals surface area contributed by atoms with Crippen LogP contribution in [0.15, 0.2) is 66.7 Å². The number of benzene rings is 3. The van der Waals surface area contributed by atoms with Gasteiger partial charge in [0, 0.05) is 35.6 Å². The second-order valence-electron chi connectivity index (χ2n) is 9.91. The highest BCUT2D eigenvalue weighted by Crippen LogP contribution is 2.36. The third-order valence-corrected chi connectivity index (χ3v) is 8.51. The molecular formula is C30H33Cl2N3O6S. The van der Waals surface area contributed by atoms with Gasteiger partial charge in [0.15, 0.2) is 11.5 Å². The third-order valence-electron chi connectivity index (χ3n) is 6.78. The first-order chi connectivity index (χ1) is 20.1. The minimum Gasteiger partial charge on any atom is -0.454 e. The zero-order chi connectivity index (χ0) is 30.3. The fraction of sp³-hybridized carbons (Fsp3) is 0.333. The Balaban J connectivity index is 1.73. The number of hydrogen-bond donors (Lipinski definition) is 1. The standard InChI is InChI=1S/C30H33Cl2N3O6S/c1-3-4-14-33-30(37)26(15-21-8-6-5-7-9-21)34(18-22-10-11-23(31)16-25(22)32)29(36)19-35(42(2,38)39)24-12-13-27-28(17-24)41-20-40-27/h5-13,16-17,26H,3-4,14-15,18-20H2,1-2H3,(H,33,37). The van der Waals surface area contributed by atoms with Crippen LogP contribution in [-0.4, -0.2) is 57.3 Å². The number of fused-ring (bicyclic) bond motifs is 1. The van der Waals surface area contributed by atoms with Crippen LogP contribution in [0.3, 0.4) is 0 Å². The molecule has 0 radical (unpaired) electrons. The number of hydrogen-bond acceptors (Lipinski definition) is 6. The topological polar surface area (TPSA) is 105 Å². The lowest BCUT2D eigenvalue weighted by Crippen LogP contribution is -2.53. The molecule has 1 aliphatic heterocycles. The fourth-order valence-corrected chi connectivity index (χ4v) is 5.86. The minimum atomic E-state index is -3.93. The molecular weight excluding hydrogens is 601 g/mol. The Labute approximate surface area is 256 Å². The number of anilines is 1. The molecule has 224 valence electrons. The zero-order valence-electron chi connectivity index (χ0n) is 23.4. The van der Waals surface area contributed by atoms with Crippen molar-refractivity contribution in [1.82, 2.24) is 10.2 Å². The largest absolute Gasteiger partial charge is 0.454 e. The summed E-state index contributed by atoms with van der Waals surface area (Å²) in [6, 6.07) is 17.9. The Hall–Kier alpha value is -3.47. The van der Waals surface area contributed by atoms with Gasteiger partial charge < -0.3 is 19.7 Å². The molecule has 1 N–H and O–H groups in total. The second-order valence-corrected chi connectivity index (χ2v) is 12.7. The maximum atomic E-state index is 14.2. The van der Waals surface area contributed by atoms with E-state index in [1.54, 1.807) is 30.3 Å². The van der Waals surface area contributed by atoms with Crippen LogP contribution in [-0.2, 0) is 32.6 Å². The third kappa shape index (κ3) is 8.08. The van der Waals surface area contributed by atoms with Gasteiger partial charge in [0.1, 0.15) is 12.6 Å². The molecule has 4 rings (SSSR count). The number of rotatable bonds is 13. The van der Waals surface area contributed by atoms with Crippen molar-refractivity contribution in [3.05, 3.63) is 87.9 Å². The van der Waals surface area contributed by atoms with Crippen molar-refractivity contribution in [1.29, 1.82) is 0 Å². The van der Waals surface area contributed by atoms with Crippen molar-refractivity contribution in [3.63, 3.8) is 0 Å². The zero-order valence-corrected chi connectivity index (χ0v) is 25.7. The number of amides is 2. The van der Waals surface area contributed by atoms with Crippen molar-refractivity contribution in [2.75, 3.05) is 30.4 Å². The molecule has 0 aromatic heterocycles. The number of halogens is 2. The van der Waals surface area contributed by atoms with Crippen LogP contribution in [0, 0.1) is 0 Å². The Morgan fingerprint density at radius 3 is 2.43 bits per heavy atom. The number of carbonyl (C=O) groups is 2. The quantitative estimate of drug-likeness (QED) is 0.264. The van der Waals surface area contributed by atoms with Gasteiger partial charge >= 0.3 is 0 Å². The van der Waals surface area contributed by atoms with Crippen molar-refractivity contribution in [3.8, 4) is 11.5 Å². The van der Waals surface area contributed by atoms with E-state index >= 15 is 0 Å². The molecule has 1 aliphatic rings. The van der Waals surface area contributed by atoms with Crippen molar-refractivity contribution < 1.29 is 27.5 Å². The lowest BCUT2D eigenvalue weighted by atomic mass is 10.0. The summed E-state index contributed by atoms with van der Waals surface area (Å²) in [7, 11) is -3.93. The van der Waals surface area contributed by atoms with Crippen molar-refractivity contribution in [2.24, 2.45) is 0 Å². The first-order valence-electron chi connectivity index (χ1n) is 13.5.